The molecule has 3 rings (SSSR count). The number of aromatic nitrogens is 4. The number of hydrogen-bond donors (Lipinski definition) is 0. The van der Waals surface area contributed by atoms with Gasteiger partial charge < -0.3 is 4.57 Å². The molecule has 112 valence electrons. The van der Waals surface area contributed by atoms with E-state index in [1.54, 1.807) is 0 Å². The Morgan fingerprint density at radius 1 is 1.18 bits per heavy atom. The smallest absolute Gasteiger partial charge is 0.280 e. The highest BCUT2D eigenvalue weighted by Crippen LogP contribution is 2.30. The average Bonchev–Trinajstić information content (AvgIpc) is 2.85. The van der Waals surface area contributed by atoms with E-state index in [0.717, 1.165) is 18.2 Å². The van der Waals surface area contributed by atoms with Gasteiger partial charge in [0.2, 0.25) is 0 Å². The van der Waals surface area contributed by atoms with Crippen molar-refractivity contribution in [2.45, 2.75) is 0 Å². The fraction of sp³-hybridized carbons (Fsp3) is 0.154. The molecule has 0 amide bonds. The molecule has 9 heteroatoms. The van der Waals surface area contributed by atoms with Crippen molar-refractivity contribution in [1.82, 2.24) is 19.6 Å². The first-order valence-corrected chi connectivity index (χ1v) is 6.23. The van der Waals surface area contributed by atoms with Gasteiger partial charge in [0.25, 0.3) is 11.2 Å². The van der Waals surface area contributed by atoms with E-state index < -0.39 is 10.7 Å². The van der Waals surface area contributed by atoms with Gasteiger partial charge in [-0.15, -0.1) is 5.10 Å². The van der Waals surface area contributed by atoms with Crippen molar-refractivity contribution in [3.8, 4) is 11.1 Å². The molecular weight excluding hydrogens is 293 g/mol. The van der Waals surface area contributed by atoms with Crippen LogP contribution in [0.1, 0.15) is 0 Å². The highest BCUT2D eigenvalue weighted by atomic mass is 19.1. The molecule has 1 aromatic carbocycles. The van der Waals surface area contributed by atoms with E-state index in [1.807, 2.05) is 0 Å². The zero-order valence-corrected chi connectivity index (χ0v) is 11.6. The molecule has 0 aliphatic rings. The highest BCUT2D eigenvalue weighted by Gasteiger charge is 2.19. The Balaban J connectivity index is 2.40. The van der Waals surface area contributed by atoms with Crippen molar-refractivity contribution < 1.29 is 9.31 Å². The monoisotopic (exact) mass is 303 g/mol. The summed E-state index contributed by atoms with van der Waals surface area (Å²) in [6.45, 7) is 0. The Bertz CT molecular complexity index is 976. The third-order valence-corrected chi connectivity index (χ3v) is 3.27. The summed E-state index contributed by atoms with van der Waals surface area (Å²) in [6.07, 6.45) is 1.39. The molecular formula is C13H10FN5O3. The lowest BCUT2D eigenvalue weighted by molar-refractivity contribution is -0.384. The molecule has 0 saturated heterocycles. The SMILES string of the molecule is Cn1nc2c(-c3cc([N+](=O)[O-])ccc3F)cn(C)c(=O)c2n1. The molecule has 0 saturated carbocycles. The Kier molecular flexibility index (Phi) is 2.98. The van der Waals surface area contributed by atoms with Crippen LogP contribution in [0.3, 0.4) is 0 Å². The van der Waals surface area contributed by atoms with Crippen molar-refractivity contribution in [2.24, 2.45) is 14.1 Å². The summed E-state index contributed by atoms with van der Waals surface area (Å²) in [7, 11) is 3.03. The molecule has 0 N–H and O–H groups in total. The van der Waals surface area contributed by atoms with Crippen molar-refractivity contribution in [2.75, 3.05) is 0 Å². The zero-order valence-electron chi connectivity index (χ0n) is 11.6. The summed E-state index contributed by atoms with van der Waals surface area (Å²) >= 11 is 0. The maximum Gasteiger partial charge on any atom is 0.280 e. The third kappa shape index (κ3) is 2.03. The van der Waals surface area contributed by atoms with Crippen LogP contribution in [0.4, 0.5) is 10.1 Å². The molecule has 3 aromatic rings. The van der Waals surface area contributed by atoms with E-state index in [-0.39, 0.29) is 33.4 Å². The molecule has 22 heavy (non-hydrogen) atoms. The van der Waals surface area contributed by atoms with Crippen molar-refractivity contribution >= 4 is 16.7 Å². The van der Waals surface area contributed by atoms with Crippen molar-refractivity contribution in [3.05, 3.63) is 50.7 Å². The van der Waals surface area contributed by atoms with E-state index in [4.69, 9.17) is 0 Å². The number of benzene rings is 1. The number of nitro groups is 1. The summed E-state index contributed by atoms with van der Waals surface area (Å²) < 4.78 is 15.4. The van der Waals surface area contributed by atoms with Crippen molar-refractivity contribution in [1.29, 1.82) is 0 Å². The van der Waals surface area contributed by atoms with Crippen LogP contribution in [0, 0.1) is 15.9 Å². The first kappa shape index (κ1) is 13.9. The van der Waals surface area contributed by atoms with Gasteiger partial charge >= 0.3 is 0 Å². The van der Waals surface area contributed by atoms with Crippen LogP contribution in [0.15, 0.2) is 29.2 Å². The standard InChI is InChI=1S/C13H10FN5O3/c1-17-6-9(11-12(13(17)20)16-18(2)15-11)8-5-7(19(21)22)3-4-10(8)14/h3-6H,1-2H3. The molecule has 0 bridgehead atoms. The number of fused-ring (bicyclic) bond motifs is 1. The lowest BCUT2D eigenvalue weighted by atomic mass is 10.0. The fourth-order valence-corrected chi connectivity index (χ4v) is 2.24. The number of hydrogen-bond acceptors (Lipinski definition) is 5. The van der Waals surface area contributed by atoms with E-state index in [0.29, 0.717) is 0 Å². The second kappa shape index (κ2) is 4.72. The quantitative estimate of drug-likeness (QED) is 0.526. The number of halogens is 1. The van der Waals surface area contributed by atoms with Gasteiger partial charge in [0, 0.05) is 43.6 Å². The molecule has 0 atom stereocenters. The number of nitro benzene ring substituents is 1. The van der Waals surface area contributed by atoms with Crippen molar-refractivity contribution in [3.63, 3.8) is 0 Å². The first-order valence-electron chi connectivity index (χ1n) is 6.23. The summed E-state index contributed by atoms with van der Waals surface area (Å²) in [4.78, 5) is 23.5. The van der Waals surface area contributed by atoms with Gasteiger partial charge in [-0.25, -0.2) is 4.39 Å². The van der Waals surface area contributed by atoms with Gasteiger partial charge in [-0.05, 0) is 6.07 Å². The summed E-state index contributed by atoms with van der Waals surface area (Å²) in [5.41, 5.74) is -0.0833. The number of nitrogens with zero attached hydrogens (tertiary/aromatic N) is 5. The molecule has 0 spiro atoms. The molecule has 8 nitrogen and oxygen atoms in total. The second-order valence-corrected chi connectivity index (χ2v) is 4.77. The van der Waals surface area contributed by atoms with Gasteiger partial charge in [0.05, 0.1) is 4.92 Å². The summed E-state index contributed by atoms with van der Waals surface area (Å²) in [5.74, 6) is -0.642. The average molecular weight is 303 g/mol. The van der Waals surface area contributed by atoms with Gasteiger partial charge in [-0.1, -0.05) is 0 Å². The van der Waals surface area contributed by atoms with Crippen LogP contribution in [-0.4, -0.2) is 24.5 Å². The highest BCUT2D eigenvalue weighted by molar-refractivity contribution is 5.90. The second-order valence-electron chi connectivity index (χ2n) is 4.77. The molecule has 0 aliphatic heterocycles. The molecule has 2 aromatic heterocycles. The Labute approximate surface area is 122 Å². The minimum absolute atomic E-state index is 0.00435. The number of rotatable bonds is 2. The minimum atomic E-state index is -0.642. The normalized spacial score (nSPS) is 11.0. The topological polar surface area (TPSA) is 95.8 Å². The van der Waals surface area contributed by atoms with Gasteiger partial charge in [-0.2, -0.15) is 9.90 Å². The predicted molar refractivity (Wildman–Crippen MR) is 75.8 cm³/mol. The fourth-order valence-electron chi connectivity index (χ4n) is 2.24. The third-order valence-electron chi connectivity index (χ3n) is 3.27. The number of non-ortho nitro benzene ring substituents is 1. The molecule has 0 fully saturated rings. The maximum absolute atomic E-state index is 14.1. The Morgan fingerprint density at radius 3 is 2.55 bits per heavy atom. The van der Waals surface area contributed by atoms with Gasteiger partial charge in [-0.3, -0.25) is 14.9 Å². The molecule has 0 radical (unpaired) electrons. The largest absolute Gasteiger partial charge is 0.316 e. The number of pyridine rings is 1. The zero-order chi connectivity index (χ0) is 16.0. The first-order chi connectivity index (χ1) is 10.4. The van der Waals surface area contributed by atoms with Crippen LogP contribution >= 0.6 is 0 Å². The summed E-state index contributed by atoms with van der Waals surface area (Å²) in [6, 6.07) is 3.21. The van der Waals surface area contributed by atoms with Crippen LogP contribution in [0.2, 0.25) is 0 Å². The van der Waals surface area contributed by atoms with E-state index in [2.05, 4.69) is 10.2 Å². The van der Waals surface area contributed by atoms with Crippen LogP contribution in [0.25, 0.3) is 22.2 Å². The Hall–Kier alpha value is -3.10. The van der Waals surface area contributed by atoms with E-state index in [9.17, 15) is 19.3 Å². The minimum Gasteiger partial charge on any atom is -0.316 e. The van der Waals surface area contributed by atoms with Crippen LogP contribution < -0.4 is 5.56 Å². The van der Waals surface area contributed by atoms with E-state index >= 15 is 0 Å². The lowest BCUT2D eigenvalue weighted by Gasteiger charge is -2.06. The number of aryl methyl sites for hydroxylation is 2. The summed E-state index contributed by atoms with van der Waals surface area (Å²) in [5, 5.41) is 18.9. The van der Waals surface area contributed by atoms with Crippen LogP contribution in [-0.2, 0) is 14.1 Å². The lowest BCUT2D eigenvalue weighted by Crippen LogP contribution is -2.17. The van der Waals surface area contributed by atoms with E-state index in [1.165, 1.54) is 29.7 Å². The molecule has 0 aliphatic carbocycles. The maximum atomic E-state index is 14.1. The van der Waals surface area contributed by atoms with Gasteiger partial charge in [0.15, 0.2) is 5.52 Å². The van der Waals surface area contributed by atoms with Crippen LogP contribution in [0.5, 0.6) is 0 Å². The molecule has 0 unspecified atom stereocenters. The molecule has 2 heterocycles. The Morgan fingerprint density at radius 2 is 1.86 bits per heavy atom. The predicted octanol–water partition coefficient (Wildman–Crippen LogP) is 1.38. The van der Waals surface area contributed by atoms with Gasteiger partial charge in [0.1, 0.15) is 11.3 Å².